The van der Waals surface area contributed by atoms with Gasteiger partial charge in [0.15, 0.2) is 0 Å². The number of carbonyl (C=O) groups excluding carboxylic acids is 2. The van der Waals surface area contributed by atoms with E-state index in [4.69, 9.17) is 11.6 Å². The number of benzene rings is 3. The molecule has 5 heteroatoms. The Balaban J connectivity index is 1.77. The Kier molecular flexibility index (Phi) is 6.55. The summed E-state index contributed by atoms with van der Waals surface area (Å²) in [4.78, 5) is 25.6. The highest BCUT2D eigenvalue weighted by Gasteiger charge is 2.26. The molecule has 0 heterocycles. The van der Waals surface area contributed by atoms with Gasteiger partial charge in [0.2, 0.25) is 5.91 Å². The van der Waals surface area contributed by atoms with Crippen LogP contribution in [0, 0.1) is 5.92 Å². The number of hydrogen-bond acceptors (Lipinski definition) is 2. The van der Waals surface area contributed by atoms with Crippen molar-refractivity contribution in [2.24, 2.45) is 5.92 Å². The Morgan fingerprint density at radius 1 is 0.828 bits per heavy atom. The van der Waals surface area contributed by atoms with Crippen LogP contribution in [0.5, 0.6) is 0 Å². The number of rotatable bonds is 6. The number of carbonyl (C=O) groups is 2. The van der Waals surface area contributed by atoms with Crippen molar-refractivity contribution in [3.63, 3.8) is 0 Å². The highest BCUT2D eigenvalue weighted by molar-refractivity contribution is 6.33. The monoisotopic (exact) mass is 408 g/mol. The van der Waals surface area contributed by atoms with Gasteiger partial charge in [-0.1, -0.05) is 80.0 Å². The van der Waals surface area contributed by atoms with Gasteiger partial charge in [0.1, 0.15) is 6.04 Å². The van der Waals surface area contributed by atoms with Gasteiger partial charge in [-0.25, -0.2) is 0 Å². The molecule has 0 fully saturated rings. The first-order valence-electron chi connectivity index (χ1n) is 9.72. The normalized spacial score (nSPS) is 13.1. The summed E-state index contributed by atoms with van der Waals surface area (Å²) in [6, 6.07) is 20.1. The average molecular weight is 409 g/mol. The maximum absolute atomic E-state index is 13.0. The number of nitrogens with one attached hydrogen (secondary N) is 2. The highest BCUT2D eigenvalue weighted by atomic mass is 35.5. The molecule has 2 N–H and O–H groups in total. The summed E-state index contributed by atoms with van der Waals surface area (Å²) < 4.78 is 0. The topological polar surface area (TPSA) is 58.2 Å². The maximum atomic E-state index is 13.0. The van der Waals surface area contributed by atoms with Gasteiger partial charge in [-0.3, -0.25) is 9.59 Å². The molecule has 2 amide bonds. The van der Waals surface area contributed by atoms with E-state index in [0.717, 1.165) is 16.3 Å². The molecule has 0 aromatic heterocycles. The summed E-state index contributed by atoms with van der Waals surface area (Å²) in [7, 11) is 0. The van der Waals surface area contributed by atoms with E-state index >= 15 is 0 Å². The van der Waals surface area contributed by atoms with Crippen molar-refractivity contribution >= 4 is 34.2 Å². The predicted molar refractivity (Wildman–Crippen MR) is 118 cm³/mol. The summed E-state index contributed by atoms with van der Waals surface area (Å²) in [6.07, 6.45) is 0. The van der Waals surface area contributed by atoms with Crippen molar-refractivity contribution < 1.29 is 9.59 Å². The fraction of sp³-hybridized carbons (Fsp3) is 0.250. The molecule has 29 heavy (non-hydrogen) atoms. The van der Waals surface area contributed by atoms with Crippen LogP contribution in [-0.2, 0) is 4.79 Å². The van der Waals surface area contributed by atoms with Crippen LogP contribution in [0.1, 0.15) is 42.7 Å². The van der Waals surface area contributed by atoms with Crippen LogP contribution in [0.3, 0.4) is 0 Å². The summed E-state index contributed by atoms with van der Waals surface area (Å²) >= 11 is 6.12. The summed E-state index contributed by atoms with van der Waals surface area (Å²) in [5.41, 5.74) is 1.39. The SMILES string of the molecule is CC(NC(=O)[C@@H](NC(=O)c1ccccc1Cl)C(C)C)c1cccc2ccccc12. The second kappa shape index (κ2) is 9.10. The van der Waals surface area contributed by atoms with Gasteiger partial charge in [-0.15, -0.1) is 0 Å². The highest BCUT2D eigenvalue weighted by Crippen LogP contribution is 2.24. The van der Waals surface area contributed by atoms with Crippen molar-refractivity contribution in [2.75, 3.05) is 0 Å². The zero-order valence-electron chi connectivity index (χ0n) is 16.8. The summed E-state index contributed by atoms with van der Waals surface area (Å²) in [5.74, 6) is -0.663. The second-order valence-electron chi connectivity index (χ2n) is 7.47. The number of amides is 2. The van der Waals surface area contributed by atoms with E-state index < -0.39 is 6.04 Å². The predicted octanol–water partition coefficient (Wildman–Crippen LogP) is 5.13. The van der Waals surface area contributed by atoms with Crippen molar-refractivity contribution in [1.82, 2.24) is 10.6 Å². The third kappa shape index (κ3) is 4.77. The number of fused-ring (bicyclic) bond motifs is 1. The molecule has 0 bridgehead atoms. The van der Waals surface area contributed by atoms with Crippen LogP contribution in [0.15, 0.2) is 66.7 Å². The summed E-state index contributed by atoms with van der Waals surface area (Å²) in [6.45, 7) is 5.76. The molecule has 1 unspecified atom stereocenters. The minimum absolute atomic E-state index is 0.0823. The van der Waals surface area contributed by atoms with E-state index in [9.17, 15) is 9.59 Å². The Morgan fingerprint density at radius 3 is 2.21 bits per heavy atom. The quantitative estimate of drug-likeness (QED) is 0.594. The zero-order chi connectivity index (χ0) is 21.0. The molecule has 3 aromatic carbocycles. The molecule has 0 saturated heterocycles. The third-order valence-corrected chi connectivity index (χ3v) is 5.33. The second-order valence-corrected chi connectivity index (χ2v) is 7.88. The average Bonchev–Trinajstić information content (AvgIpc) is 2.71. The Labute approximate surface area is 176 Å². The van der Waals surface area contributed by atoms with Crippen LogP contribution < -0.4 is 10.6 Å². The lowest BCUT2D eigenvalue weighted by molar-refractivity contribution is -0.124. The smallest absolute Gasteiger partial charge is 0.253 e. The molecule has 0 aliphatic carbocycles. The van der Waals surface area contributed by atoms with Crippen LogP contribution in [0.4, 0.5) is 0 Å². The Hall–Kier alpha value is -2.85. The minimum atomic E-state index is -0.670. The van der Waals surface area contributed by atoms with Gasteiger partial charge in [0.25, 0.3) is 5.91 Å². The van der Waals surface area contributed by atoms with E-state index in [1.54, 1.807) is 24.3 Å². The molecule has 0 saturated carbocycles. The van der Waals surface area contributed by atoms with Gasteiger partial charge in [0, 0.05) is 0 Å². The van der Waals surface area contributed by atoms with E-state index in [1.807, 2.05) is 63.2 Å². The van der Waals surface area contributed by atoms with Crippen molar-refractivity contribution in [2.45, 2.75) is 32.9 Å². The standard InChI is InChI=1S/C24H25ClN2O2/c1-15(2)22(27-23(28)20-12-6-7-14-21(20)25)24(29)26-16(3)18-13-8-10-17-9-4-5-11-19(17)18/h4-16,22H,1-3H3,(H,26,29)(H,27,28)/t16?,22-/m0/s1. The van der Waals surface area contributed by atoms with E-state index in [-0.39, 0.29) is 23.8 Å². The third-order valence-electron chi connectivity index (χ3n) is 5.00. The minimum Gasteiger partial charge on any atom is -0.348 e. The zero-order valence-corrected chi connectivity index (χ0v) is 17.5. The molecule has 4 nitrogen and oxygen atoms in total. The van der Waals surface area contributed by atoms with Crippen LogP contribution >= 0.6 is 11.6 Å². The fourth-order valence-corrected chi connectivity index (χ4v) is 3.63. The molecule has 150 valence electrons. The lowest BCUT2D eigenvalue weighted by atomic mass is 9.98. The Morgan fingerprint density at radius 2 is 1.48 bits per heavy atom. The first kappa shape index (κ1) is 20.9. The molecule has 3 aromatic rings. The Bertz CT molecular complexity index is 1030. The molecule has 0 spiro atoms. The molecule has 2 atom stereocenters. The molecular weight excluding hydrogens is 384 g/mol. The van der Waals surface area contributed by atoms with E-state index in [2.05, 4.69) is 10.6 Å². The van der Waals surface area contributed by atoms with E-state index in [0.29, 0.717) is 10.6 Å². The molecule has 0 aliphatic rings. The van der Waals surface area contributed by atoms with Gasteiger partial charge >= 0.3 is 0 Å². The van der Waals surface area contributed by atoms with Gasteiger partial charge in [-0.05, 0) is 41.3 Å². The van der Waals surface area contributed by atoms with Crippen LogP contribution in [0.2, 0.25) is 5.02 Å². The molecule has 3 rings (SSSR count). The van der Waals surface area contributed by atoms with Crippen molar-refractivity contribution in [3.05, 3.63) is 82.9 Å². The lowest BCUT2D eigenvalue weighted by Gasteiger charge is -2.25. The molecular formula is C24H25ClN2O2. The van der Waals surface area contributed by atoms with Crippen molar-refractivity contribution in [1.29, 1.82) is 0 Å². The summed E-state index contributed by atoms with van der Waals surface area (Å²) in [5, 5.41) is 8.47. The number of halogens is 1. The van der Waals surface area contributed by atoms with Gasteiger partial charge < -0.3 is 10.6 Å². The molecule has 0 aliphatic heterocycles. The molecule has 0 radical (unpaired) electrons. The van der Waals surface area contributed by atoms with Crippen LogP contribution in [-0.4, -0.2) is 17.9 Å². The maximum Gasteiger partial charge on any atom is 0.253 e. The van der Waals surface area contributed by atoms with E-state index in [1.165, 1.54) is 0 Å². The number of hydrogen-bond donors (Lipinski definition) is 2. The van der Waals surface area contributed by atoms with Crippen molar-refractivity contribution in [3.8, 4) is 0 Å². The van der Waals surface area contributed by atoms with Gasteiger partial charge in [0.05, 0.1) is 16.6 Å². The van der Waals surface area contributed by atoms with Gasteiger partial charge in [-0.2, -0.15) is 0 Å². The first-order valence-corrected chi connectivity index (χ1v) is 10.1. The largest absolute Gasteiger partial charge is 0.348 e. The lowest BCUT2D eigenvalue weighted by Crippen LogP contribution is -2.50. The van der Waals surface area contributed by atoms with Crippen LogP contribution in [0.25, 0.3) is 10.8 Å². The first-order chi connectivity index (χ1) is 13.9. The fourth-order valence-electron chi connectivity index (χ4n) is 3.41.